The van der Waals surface area contributed by atoms with Crippen LogP contribution in [0, 0.1) is 11.7 Å². The summed E-state index contributed by atoms with van der Waals surface area (Å²) in [7, 11) is 0. The zero-order valence-electron chi connectivity index (χ0n) is 13.5. The van der Waals surface area contributed by atoms with E-state index in [1.807, 2.05) is 12.1 Å². The van der Waals surface area contributed by atoms with E-state index in [0.717, 1.165) is 25.2 Å². The van der Waals surface area contributed by atoms with Crippen molar-refractivity contribution in [2.45, 2.75) is 12.8 Å². The van der Waals surface area contributed by atoms with Crippen molar-refractivity contribution < 1.29 is 9.18 Å². The van der Waals surface area contributed by atoms with Crippen molar-refractivity contribution in [3.8, 4) is 0 Å². The normalized spacial score (nSPS) is 17.6. The predicted octanol–water partition coefficient (Wildman–Crippen LogP) is 2.12. The Hall–Kier alpha value is -3.03. The lowest BCUT2D eigenvalue weighted by Gasteiger charge is -2.32. The first-order valence-corrected chi connectivity index (χ1v) is 8.17. The van der Waals surface area contributed by atoms with Gasteiger partial charge in [-0.1, -0.05) is 0 Å². The molecule has 0 bridgehead atoms. The van der Waals surface area contributed by atoms with Gasteiger partial charge in [0.25, 0.3) is 0 Å². The first-order valence-electron chi connectivity index (χ1n) is 8.17. The first kappa shape index (κ1) is 15.5. The molecular formula is C17H17FN6O. The van der Waals surface area contributed by atoms with Gasteiger partial charge in [0, 0.05) is 18.8 Å². The Morgan fingerprint density at radius 3 is 2.88 bits per heavy atom. The van der Waals surface area contributed by atoms with Crippen molar-refractivity contribution in [3.05, 3.63) is 48.5 Å². The van der Waals surface area contributed by atoms with Gasteiger partial charge in [0.1, 0.15) is 18.0 Å². The summed E-state index contributed by atoms with van der Waals surface area (Å²) in [5.74, 6) is 0.280. The molecule has 1 aliphatic heterocycles. The summed E-state index contributed by atoms with van der Waals surface area (Å²) >= 11 is 0. The van der Waals surface area contributed by atoms with E-state index in [1.54, 1.807) is 23.0 Å². The highest BCUT2D eigenvalue weighted by molar-refractivity contribution is 5.93. The molecule has 0 spiro atoms. The molecule has 3 aromatic rings. The summed E-state index contributed by atoms with van der Waals surface area (Å²) in [6.07, 6.45) is 3.28. The summed E-state index contributed by atoms with van der Waals surface area (Å²) in [6, 6.07) is 9.55. The molecule has 1 saturated heterocycles. The van der Waals surface area contributed by atoms with Crippen LogP contribution in [0.3, 0.4) is 0 Å². The molecule has 0 aliphatic carbocycles. The van der Waals surface area contributed by atoms with Gasteiger partial charge in [-0.2, -0.15) is 4.52 Å². The van der Waals surface area contributed by atoms with E-state index in [2.05, 4.69) is 25.5 Å². The fourth-order valence-corrected chi connectivity index (χ4v) is 3.06. The van der Waals surface area contributed by atoms with Crippen molar-refractivity contribution in [1.82, 2.24) is 19.8 Å². The van der Waals surface area contributed by atoms with Crippen molar-refractivity contribution in [2.24, 2.45) is 5.92 Å². The highest BCUT2D eigenvalue weighted by atomic mass is 19.1. The molecule has 128 valence electrons. The van der Waals surface area contributed by atoms with Gasteiger partial charge in [-0.3, -0.25) is 4.79 Å². The molecule has 0 unspecified atom stereocenters. The summed E-state index contributed by atoms with van der Waals surface area (Å²) in [6.45, 7) is 1.44. The standard InChI is InChI=1S/C17H17FN6O/c18-13-3-5-14(6-4-13)20-17(25)12-2-1-9-23(10-12)16-8-7-15-21-19-11-24(15)22-16/h3-8,11-12H,1-2,9-10H2,(H,20,25)/t12-/m1/s1. The van der Waals surface area contributed by atoms with Crippen LogP contribution in [0.5, 0.6) is 0 Å². The number of carbonyl (C=O) groups is 1. The smallest absolute Gasteiger partial charge is 0.229 e. The number of anilines is 2. The van der Waals surface area contributed by atoms with Crippen LogP contribution in [0.4, 0.5) is 15.9 Å². The maximum atomic E-state index is 13.0. The molecule has 2 aromatic heterocycles. The predicted molar refractivity (Wildman–Crippen MR) is 90.7 cm³/mol. The van der Waals surface area contributed by atoms with Gasteiger partial charge in [-0.05, 0) is 49.2 Å². The Morgan fingerprint density at radius 2 is 2.04 bits per heavy atom. The molecule has 1 aliphatic rings. The van der Waals surface area contributed by atoms with Crippen LogP contribution in [-0.4, -0.2) is 38.8 Å². The second kappa shape index (κ2) is 6.46. The number of benzene rings is 1. The minimum atomic E-state index is -0.322. The number of fused-ring (bicyclic) bond motifs is 1. The topological polar surface area (TPSA) is 75.4 Å². The van der Waals surface area contributed by atoms with Gasteiger partial charge in [0.15, 0.2) is 5.65 Å². The van der Waals surface area contributed by atoms with Crippen molar-refractivity contribution >= 4 is 23.1 Å². The van der Waals surface area contributed by atoms with Crippen molar-refractivity contribution in [1.29, 1.82) is 0 Å². The molecular weight excluding hydrogens is 323 g/mol. The van der Waals surface area contributed by atoms with E-state index in [9.17, 15) is 9.18 Å². The number of nitrogens with zero attached hydrogens (tertiary/aromatic N) is 5. The van der Waals surface area contributed by atoms with Gasteiger partial charge in [-0.15, -0.1) is 15.3 Å². The lowest BCUT2D eigenvalue weighted by Crippen LogP contribution is -2.41. The number of piperidine rings is 1. The fraction of sp³-hybridized carbons (Fsp3) is 0.294. The number of rotatable bonds is 3. The Morgan fingerprint density at radius 1 is 1.20 bits per heavy atom. The number of halogens is 1. The van der Waals surface area contributed by atoms with Crippen LogP contribution in [0.1, 0.15) is 12.8 Å². The van der Waals surface area contributed by atoms with Gasteiger partial charge in [0.2, 0.25) is 5.91 Å². The molecule has 25 heavy (non-hydrogen) atoms. The summed E-state index contributed by atoms with van der Waals surface area (Å²) in [4.78, 5) is 14.6. The average Bonchev–Trinajstić information content (AvgIpc) is 3.11. The molecule has 3 heterocycles. The maximum Gasteiger partial charge on any atom is 0.229 e. The highest BCUT2D eigenvalue weighted by Crippen LogP contribution is 2.23. The highest BCUT2D eigenvalue weighted by Gasteiger charge is 2.27. The van der Waals surface area contributed by atoms with E-state index >= 15 is 0 Å². The quantitative estimate of drug-likeness (QED) is 0.790. The second-order valence-corrected chi connectivity index (χ2v) is 6.11. The molecule has 0 radical (unpaired) electrons. The van der Waals surface area contributed by atoms with Gasteiger partial charge < -0.3 is 10.2 Å². The molecule has 1 amide bonds. The van der Waals surface area contributed by atoms with Crippen LogP contribution in [0.2, 0.25) is 0 Å². The second-order valence-electron chi connectivity index (χ2n) is 6.11. The maximum absolute atomic E-state index is 13.0. The third kappa shape index (κ3) is 3.28. The zero-order valence-corrected chi connectivity index (χ0v) is 13.5. The van der Waals surface area contributed by atoms with Crippen LogP contribution in [0.25, 0.3) is 5.65 Å². The molecule has 1 aromatic carbocycles. The average molecular weight is 340 g/mol. The van der Waals surface area contributed by atoms with Gasteiger partial charge in [0.05, 0.1) is 5.92 Å². The van der Waals surface area contributed by atoms with Crippen LogP contribution in [0.15, 0.2) is 42.7 Å². The van der Waals surface area contributed by atoms with Gasteiger partial charge >= 0.3 is 0 Å². The summed E-state index contributed by atoms with van der Waals surface area (Å²) in [5, 5.41) is 15.1. The van der Waals surface area contributed by atoms with E-state index in [1.165, 1.54) is 12.1 Å². The zero-order chi connectivity index (χ0) is 17.2. The molecule has 1 N–H and O–H groups in total. The van der Waals surface area contributed by atoms with E-state index in [4.69, 9.17) is 0 Å². The van der Waals surface area contributed by atoms with Crippen molar-refractivity contribution in [3.63, 3.8) is 0 Å². The van der Waals surface area contributed by atoms with Crippen LogP contribution < -0.4 is 10.2 Å². The molecule has 8 heteroatoms. The fourth-order valence-electron chi connectivity index (χ4n) is 3.06. The van der Waals surface area contributed by atoms with Crippen LogP contribution in [-0.2, 0) is 4.79 Å². The molecule has 1 fully saturated rings. The summed E-state index contributed by atoms with van der Waals surface area (Å²) < 4.78 is 14.6. The summed E-state index contributed by atoms with van der Waals surface area (Å²) in [5.41, 5.74) is 1.29. The number of hydrogen-bond acceptors (Lipinski definition) is 5. The Kier molecular flexibility index (Phi) is 4.01. The minimum Gasteiger partial charge on any atom is -0.354 e. The number of carbonyl (C=O) groups excluding carboxylic acids is 1. The number of hydrogen-bond donors (Lipinski definition) is 1. The Labute approximate surface area is 143 Å². The third-order valence-corrected chi connectivity index (χ3v) is 4.38. The first-order chi connectivity index (χ1) is 12.2. The van der Waals surface area contributed by atoms with E-state index in [0.29, 0.717) is 17.9 Å². The molecule has 7 nitrogen and oxygen atoms in total. The Bertz CT molecular complexity index is 894. The SMILES string of the molecule is O=C(Nc1ccc(F)cc1)[C@@H]1CCCN(c2ccc3nncn3n2)C1. The van der Waals surface area contributed by atoms with Crippen LogP contribution >= 0.6 is 0 Å². The number of amides is 1. The molecule has 1 atom stereocenters. The van der Waals surface area contributed by atoms with E-state index in [-0.39, 0.29) is 17.6 Å². The van der Waals surface area contributed by atoms with E-state index < -0.39 is 0 Å². The molecule has 4 rings (SSSR count). The lowest BCUT2D eigenvalue weighted by atomic mass is 9.97. The van der Waals surface area contributed by atoms with Gasteiger partial charge in [-0.25, -0.2) is 4.39 Å². The third-order valence-electron chi connectivity index (χ3n) is 4.38. The largest absolute Gasteiger partial charge is 0.354 e. The number of nitrogens with one attached hydrogen (secondary N) is 1. The lowest BCUT2D eigenvalue weighted by molar-refractivity contribution is -0.120. The minimum absolute atomic E-state index is 0.0540. The molecule has 0 saturated carbocycles. The monoisotopic (exact) mass is 340 g/mol. The number of aromatic nitrogens is 4. The Balaban J connectivity index is 1.46. The van der Waals surface area contributed by atoms with Crippen molar-refractivity contribution in [2.75, 3.05) is 23.3 Å².